The Morgan fingerprint density at radius 3 is 2.29 bits per heavy atom. The van der Waals surface area contributed by atoms with E-state index in [0.29, 0.717) is 6.61 Å². The summed E-state index contributed by atoms with van der Waals surface area (Å²) in [4.78, 5) is 15.3. The van der Waals surface area contributed by atoms with Gasteiger partial charge in [-0.25, -0.2) is 0 Å². The first kappa shape index (κ1) is 21.1. The van der Waals surface area contributed by atoms with Gasteiger partial charge in [-0.1, -0.05) is 48.5 Å². The highest BCUT2D eigenvalue weighted by molar-refractivity contribution is 6.13. The van der Waals surface area contributed by atoms with Crippen molar-refractivity contribution in [2.24, 2.45) is 0 Å². The maximum Gasteiger partial charge on any atom is 0.241 e. The Morgan fingerprint density at radius 1 is 0.903 bits per heavy atom. The average molecular weight is 416 g/mol. The quantitative estimate of drug-likeness (QED) is 0.488. The van der Waals surface area contributed by atoms with Gasteiger partial charge in [0.15, 0.2) is 0 Å². The number of methoxy groups -OCH3 is 1. The number of carbonyl (C=O) groups excluding carboxylic acids is 1. The van der Waals surface area contributed by atoms with Crippen LogP contribution in [0, 0.1) is 0 Å². The second-order valence-corrected chi connectivity index (χ2v) is 8.95. The summed E-state index contributed by atoms with van der Waals surface area (Å²) in [6.07, 6.45) is 0. The third-order valence-electron chi connectivity index (χ3n) is 6.17. The zero-order valence-corrected chi connectivity index (χ0v) is 18.8. The number of hydrogen-bond acceptors (Lipinski definition) is 3. The lowest BCUT2D eigenvalue weighted by Crippen LogP contribution is -2.35. The van der Waals surface area contributed by atoms with Crippen molar-refractivity contribution in [2.75, 3.05) is 12.0 Å². The molecular weight excluding hydrogens is 386 g/mol. The summed E-state index contributed by atoms with van der Waals surface area (Å²) < 4.78 is 11.9. The zero-order valence-electron chi connectivity index (χ0n) is 18.8. The fourth-order valence-corrected chi connectivity index (χ4v) is 4.07. The van der Waals surface area contributed by atoms with E-state index in [1.807, 2.05) is 105 Å². The van der Waals surface area contributed by atoms with E-state index < -0.39 is 11.0 Å². The molecule has 0 radical (unpaired) electrons. The van der Waals surface area contributed by atoms with Crippen LogP contribution in [0.2, 0.25) is 0 Å². The summed E-state index contributed by atoms with van der Waals surface area (Å²) >= 11 is 0. The molecule has 0 N–H and O–H groups in total. The number of rotatable bonds is 6. The highest BCUT2D eigenvalue weighted by Crippen LogP contribution is 2.48. The van der Waals surface area contributed by atoms with Crippen molar-refractivity contribution in [2.45, 2.75) is 45.3 Å². The Balaban J connectivity index is 1.77. The smallest absolute Gasteiger partial charge is 0.241 e. The number of nitrogens with zero attached hydrogens (tertiary/aromatic N) is 1. The molecule has 0 unspecified atom stereocenters. The van der Waals surface area contributed by atoms with Gasteiger partial charge in [-0.15, -0.1) is 0 Å². The summed E-state index contributed by atoms with van der Waals surface area (Å²) in [5.74, 6) is 0.798. The molecule has 4 rings (SSSR count). The molecule has 0 saturated heterocycles. The normalized spacial score (nSPS) is 15.1. The second-order valence-electron chi connectivity index (χ2n) is 8.95. The standard InChI is InChI=1S/C27H29NO3/c1-26(2)21-13-9-10-14-23(21)28(25(26)29)24-16-15-20(17-22(24)27(3,4)30-5)31-18-19-11-7-6-8-12-19/h6-17H,18H2,1-5H3. The third-order valence-corrected chi connectivity index (χ3v) is 6.17. The van der Waals surface area contributed by atoms with Gasteiger partial charge < -0.3 is 9.47 Å². The molecule has 0 atom stereocenters. The van der Waals surface area contributed by atoms with Gasteiger partial charge in [0, 0.05) is 12.7 Å². The van der Waals surface area contributed by atoms with Crippen molar-refractivity contribution >= 4 is 17.3 Å². The summed E-state index contributed by atoms with van der Waals surface area (Å²) in [6, 6.07) is 23.9. The fourth-order valence-electron chi connectivity index (χ4n) is 4.07. The van der Waals surface area contributed by atoms with Gasteiger partial charge in [0.05, 0.1) is 22.4 Å². The molecule has 0 aliphatic carbocycles. The zero-order chi connectivity index (χ0) is 22.2. The first-order valence-corrected chi connectivity index (χ1v) is 10.6. The van der Waals surface area contributed by atoms with Crippen LogP contribution in [0.3, 0.4) is 0 Å². The van der Waals surface area contributed by atoms with Gasteiger partial charge in [0.1, 0.15) is 12.4 Å². The Hall–Kier alpha value is -3.11. The van der Waals surface area contributed by atoms with Gasteiger partial charge in [0.25, 0.3) is 0 Å². The predicted octanol–water partition coefficient (Wildman–Crippen LogP) is 6.10. The molecule has 1 amide bonds. The summed E-state index contributed by atoms with van der Waals surface area (Å²) in [6.45, 7) is 8.44. The lowest BCUT2D eigenvalue weighted by Gasteiger charge is -2.31. The Morgan fingerprint density at radius 2 is 1.58 bits per heavy atom. The number of anilines is 2. The fraction of sp³-hybridized carbons (Fsp3) is 0.296. The second kappa shape index (κ2) is 7.86. The molecule has 1 aliphatic heterocycles. The van der Waals surface area contributed by atoms with Crippen LogP contribution in [0.4, 0.5) is 11.4 Å². The molecule has 31 heavy (non-hydrogen) atoms. The number of carbonyl (C=O) groups is 1. The molecule has 160 valence electrons. The Labute approximate surface area is 184 Å². The lowest BCUT2D eigenvalue weighted by molar-refractivity contribution is -0.121. The van der Waals surface area contributed by atoms with Crippen molar-refractivity contribution in [1.29, 1.82) is 0 Å². The van der Waals surface area contributed by atoms with Crippen LogP contribution in [0.25, 0.3) is 0 Å². The van der Waals surface area contributed by atoms with Crippen molar-refractivity contribution in [3.8, 4) is 5.75 Å². The van der Waals surface area contributed by atoms with Crippen LogP contribution < -0.4 is 9.64 Å². The summed E-state index contributed by atoms with van der Waals surface area (Å²) in [5, 5.41) is 0. The largest absolute Gasteiger partial charge is 0.489 e. The summed E-state index contributed by atoms with van der Waals surface area (Å²) in [5.41, 5.74) is 3.58. The maximum absolute atomic E-state index is 13.5. The minimum atomic E-state index is -0.608. The SMILES string of the molecule is COC(C)(C)c1cc(OCc2ccccc2)ccc1N1C(=O)C(C)(C)c2ccccc21. The van der Waals surface area contributed by atoms with Crippen LogP contribution in [-0.2, 0) is 27.2 Å². The van der Waals surface area contributed by atoms with Crippen molar-refractivity contribution in [3.63, 3.8) is 0 Å². The number of para-hydroxylation sites is 1. The molecule has 0 spiro atoms. The number of hydrogen-bond donors (Lipinski definition) is 0. The van der Waals surface area contributed by atoms with E-state index in [4.69, 9.17) is 9.47 Å². The van der Waals surface area contributed by atoms with Crippen molar-refractivity contribution in [3.05, 3.63) is 89.5 Å². The minimum Gasteiger partial charge on any atom is -0.489 e. The molecule has 3 aromatic rings. The molecule has 0 fully saturated rings. The molecule has 0 saturated carbocycles. The van der Waals surface area contributed by atoms with Crippen molar-refractivity contribution in [1.82, 2.24) is 0 Å². The van der Waals surface area contributed by atoms with E-state index in [9.17, 15) is 4.79 Å². The highest BCUT2D eigenvalue weighted by atomic mass is 16.5. The van der Waals surface area contributed by atoms with Gasteiger partial charge in [-0.2, -0.15) is 0 Å². The van der Waals surface area contributed by atoms with E-state index >= 15 is 0 Å². The van der Waals surface area contributed by atoms with Crippen LogP contribution in [0.15, 0.2) is 72.8 Å². The van der Waals surface area contributed by atoms with E-state index in [1.165, 1.54) is 0 Å². The minimum absolute atomic E-state index is 0.0554. The van der Waals surface area contributed by atoms with Crippen LogP contribution in [0.1, 0.15) is 44.4 Å². The number of fused-ring (bicyclic) bond motifs is 1. The number of amides is 1. The lowest BCUT2D eigenvalue weighted by atomic mass is 9.86. The Kier molecular flexibility index (Phi) is 5.36. The topological polar surface area (TPSA) is 38.8 Å². The molecule has 3 aromatic carbocycles. The molecule has 4 heteroatoms. The molecule has 1 aliphatic rings. The Bertz CT molecular complexity index is 1100. The van der Waals surface area contributed by atoms with Gasteiger partial charge >= 0.3 is 0 Å². The van der Waals surface area contributed by atoms with Crippen LogP contribution in [-0.4, -0.2) is 13.0 Å². The summed E-state index contributed by atoms with van der Waals surface area (Å²) in [7, 11) is 1.69. The monoisotopic (exact) mass is 415 g/mol. The van der Waals surface area contributed by atoms with Gasteiger partial charge in [-0.05, 0) is 63.1 Å². The highest BCUT2D eigenvalue weighted by Gasteiger charge is 2.45. The van der Waals surface area contributed by atoms with E-state index in [1.54, 1.807) is 7.11 Å². The predicted molar refractivity (Wildman–Crippen MR) is 124 cm³/mol. The van der Waals surface area contributed by atoms with Gasteiger partial charge in [-0.3, -0.25) is 9.69 Å². The van der Waals surface area contributed by atoms with Crippen molar-refractivity contribution < 1.29 is 14.3 Å². The molecule has 4 nitrogen and oxygen atoms in total. The van der Waals surface area contributed by atoms with E-state index in [-0.39, 0.29) is 5.91 Å². The van der Waals surface area contributed by atoms with Crippen LogP contribution in [0.5, 0.6) is 5.75 Å². The van der Waals surface area contributed by atoms with E-state index in [2.05, 4.69) is 0 Å². The van der Waals surface area contributed by atoms with Crippen LogP contribution >= 0.6 is 0 Å². The molecular formula is C27H29NO3. The first-order chi connectivity index (χ1) is 14.8. The average Bonchev–Trinajstić information content (AvgIpc) is 2.98. The molecule has 1 heterocycles. The molecule has 0 bridgehead atoms. The number of ether oxygens (including phenoxy) is 2. The first-order valence-electron chi connectivity index (χ1n) is 10.6. The number of benzene rings is 3. The van der Waals surface area contributed by atoms with Gasteiger partial charge in [0.2, 0.25) is 5.91 Å². The molecule has 0 aromatic heterocycles. The third kappa shape index (κ3) is 3.72. The maximum atomic E-state index is 13.5. The van der Waals surface area contributed by atoms with E-state index in [0.717, 1.165) is 33.8 Å².